The first-order valence-electron chi connectivity index (χ1n) is 4.92. The monoisotopic (exact) mass is 252 g/mol. The molecule has 2 rings (SSSR count). The molecule has 0 aromatic rings. The minimum atomic E-state index is -3.68. The predicted molar refractivity (Wildman–Crippen MR) is 55.0 cm³/mol. The second-order valence-corrected chi connectivity index (χ2v) is 7.27. The molecule has 0 N–H and O–H groups in total. The van der Waals surface area contributed by atoms with Gasteiger partial charge in [-0.2, -0.15) is 0 Å². The van der Waals surface area contributed by atoms with Crippen molar-refractivity contribution in [2.45, 2.75) is 30.9 Å². The molecule has 3 unspecified atom stereocenters. The van der Waals surface area contributed by atoms with Crippen LogP contribution in [0.4, 0.5) is 0 Å². The Balaban J connectivity index is 2.39. The van der Waals surface area contributed by atoms with Crippen molar-refractivity contribution in [2.75, 3.05) is 7.11 Å². The zero-order valence-corrected chi connectivity index (χ0v) is 9.97. The van der Waals surface area contributed by atoms with Crippen LogP contribution in [0.25, 0.3) is 0 Å². The summed E-state index contributed by atoms with van der Waals surface area (Å²) in [6, 6.07) is 0. The van der Waals surface area contributed by atoms with Crippen molar-refractivity contribution >= 4 is 25.7 Å². The quantitative estimate of drug-likeness (QED) is 0.549. The van der Waals surface area contributed by atoms with E-state index in [1.165, 1.54) is 7.11 Å². The van der Waals surface area contributed by atoms with Crippen molar-refractivity contribution in [3.05, 3.63) is 0 Å². The third-order valence-electron chi connectivity index (χ3n) is 3.75. The van der Waals surface area contributed by atoms with Crippen LogP contribution in [0, 0.1) is 11.3 Å². The van der Waals surface area contributed by atoms with E-state index in [0.717, 1.165) is 6.42 Å². The first kappa shape index (κ1) is 11.2. The standard InChI is InChI=1S/C9H13ClO4S/c1-14-8(11)9-3-2-6(5-9)4-7(9)15(10,12)13/h6-7H,2-5H2,1H3. The molecule has 3 atom stereocenters. The minimum Gasteiger partial charge on any atom is -0.469 e. The molecule has 2 aliphatic rings. The molecular weight excluding hydrogens is 240 g/mol. The fourth-order valence-corrected chi connectivity index (χ4v) is 5.19. The highest BCUT2D eigenvalue weighted by atomic mass is 35.7. The summed E-state index contributed by atoms with van der Waals surface area (Å²) in [4.78, 5) is 11.7. The highest BCUT2D eigenvalue weighted by Crippen LogP contribution is 2.57. The second-order valence-electron chi connectivity index (χ2n) is 4.46. The summed E-state index contributed by atoms with van der Waals surface area (Å²) in [5.74, 6) is -0.112. The number of ether oxygens (including phenoxy) is 1. The maximum Gasteiger partial charge on any atom is 0.313 e. The van der Waals surface area contributed by atoms with Gasteiger partial charge >= 0.3 is 5.97 Å². The fourth-order valence-electron chi connectivity index (χ4n) is 3.11. The lowest BCUT2D eigenvalue weighted by molar-refractivity contribution is -0.151. The number of carbonyl (C=O) groups is 1. The Bertz CT molecular complexity index is 391. The van der Waals surface area contributed by atoms with E-state index < -0.39 is 25.7 Å². The Kier molecular flexibility index (Phi) is 2.50. The van der Waals surface area contributed by atoms with Crippen LogP contribution >= 0.6 is 10.7 Å². The minimum absolute atomic E-state index is 0.308. The number of halogens is 1. The number of carbonyl (C=O) groups excluding carboxylic acids is 1. The molecule has 2 saturated carbocycles. The smallest absolute Gasteiger partial charge is 0.313 e. The van der Waals surface area contributed by atoms with Crippen LogP contribution < -0.4 is 0 Å². The van der Waals surface area contributed by atoms with Crippen LogP contribution in [0.5, 0.6) is 0 Å². The van der Waals surface area contributed by atoms with Crippen LogP contribution in [0.1, 0.15) is 25.7 Å². The van der Waals surface area contributed by atoms with E-state index in [0.29, 0.717) is 25.2 Å². The van der Waals surface area contributed by atoms with E-state index >= 15 is 0 Å². The van der Waals surface area contributed by atoms with Crippen molar-refractivity contribution in [3.63, 3.8) is 0 Å². The van der Waals surface area contributed by atoms with E-state index in [1.54, 1.807) is 0 Å². The lowest BCUT2D eigenvalue weighted by Crippen LogP contribution is -2.41. The highest BCUT2D eigenvalue weighted by molar-refractivity contribution is 8.14. The molecule has 2 bridgehead atoms. The summed E-state index contributed by atoms with van der Waals surface area (Å²) in [6.07, 6.45) is 2.59. The Hall–Kier alpha value is -0.290. The van der Waals surface area contributed by atoms with Crippen molar-refractivity contribution in [2.24, 2.45) is 11.3 Å². The maximum absolute atomic E-state index is 11.7. The average Bonchev–Trinajstić information content (AvgIpc) is 2.73. The lowest BCUT2D eigenvalue weighted by atomic mass is 9.84. The van der Waals surface area contributed by atoms with Crippen LogP contribution in [-0.4, -0.2) is 26.7 Å². The summed E-state index contributed by atoms with van der Waals surface area (Å²) < 4.78 is 27.5. The molecule has 15 heavy (non-hydrogen) atoms. The summed E-state index contributed by atoms with van der Waals surface area (Å²) in [5.41, 5.74) is -0.861. The van der Waals surface area contributed by atoms with Crippen LogP contribution in [0.3, 0.4) is 0 Å². The molecule has 0 radical (unpaired) electrons. The van der Waals surface area contributed by atoms with Gasteiger partial charge in [-0.3, -0.25) is 4.79 Å². The number of esters is 1. The van der Waals surface area contributed by atoms with Crippen molar-refractivity contribution in [1.82, 2.24) is 0 Å². The molecular formula is C9H13ClO4S. The normalized spacial score (nSPS) is 39.3. The molecule has 2 aliphatic carbocycles. The lowest BCUT2D eigenvalue weighted by Gasteiger charge is -2.29. The summed E-state index contributed by atoms with van der Waals surface area (Å²) in [7, 11) is 3.01. The third-order valence-corrected chi connectivity index (χ3v) is 5.72. The fraction of sp³-hybridized carbons (Fsp3) is 0.889. The van der Waals surface area contributed by atoms with Crippen LogP contribution in [0.2, 0.25) is 0 Å². The largest absolute Gasteiger partial charge is 0.469 e. The van der Waals surface area contributed by atoms with Gasteiger partial charge < -0.3 is 4.74 Å². The number of rotatable bonds is 2. The maximum atomic E-state index is 11.7. The molecule has 4 nitrogen and oxygen atoms in total. The first-order chi connectivity index (χ1) is 6.90. The van der Waals surface area contributed by atoms with Crippen LogP contribution in [0.15, 0.2) is 0 Å². The molecule has 0 amide bonds. The first-order valence-corrected chi connectivity index (χ1v) is 7.29. The van der Waals surface area contributed by atoms with Crippen LogP contribution in [-0.2, 0) is 18.6 Å². The predicted octanol–water partition coefficient (Wildman–Crippen LogP) is 1.29. The molecule has 0 heterocycles. The SMILES string of the molecule is COC(=O)C12CCC(CC1S(=O)(=O)Cl)C2. The Morgan fingerprint density at radius 1 is 1.53 bits per heavy atom. The number of hydrogen-bond acceptors (Lipinski definition) is 4. The molecule has 0 saturated heterocycles. The van der Waals surface area contributed by atoms with Gasteiger partial charge in [0.1, 0.15) is 0 Å². The summed E-state index contributed by atoms with van der Waals surface area (Å²) >= 11 is 0. The Morgan fingerprint density at radius 3 is 2.67 bits per heavy atom. The number of hydrogen-bond donors (Lipinski definition) is 0. The van der Waals surface area contributed by atoms with Gasteiger partial charge in [0, 0.05) is 10.7 Å². The van der Waals surface area contributed by atoms with E-state index in [2.05, 4.69) is 0 Å². The van der Waals surface area contributed by atoms with Crippen molar-refractivity contribution < 1.29 is 17.9 Å². The van der Waals surface area contributed by atoms with Gasteiger partial charge in [-0.15, -0.1) is 0 Å². The molecule has 2 fully saturated rings. The van der Waals surface area contributed by atoms with Crippen molar-refractivity contribution in [3.8, 4) is 0 Å². The van der Waals surface area contributed by atoms with Gasteiger partial charge in [-0.05, 0) is 31.6 Å². The molecule has 0 aromatic heterocycles. The van der Waals surface area contributed by atoms with E-state index in [1.807, 2.05) is 0 Å². The van der Waals surface area contributed by atoms with E-state index in [9.17, 15) is 13.2 Å². The molecule has 0 aromatic carbocycles. The number of methoxy groups -OCH3 is 1. The molecule has 0 spiro atoms. The molecule has 0 aliphatic heterocycles. The highest BCUT2D eigenvalue weighted by Gasteiger charge is 2.61. The van der Waals surface area contributed by atoms with Gasteiger partial charge in [0.25, 0.3) is 0 Å². The zero-order valence-electron chi connectivity index (χ0n) is 8.40. The van der Waals surface area contributed by atoms with Gasteiger partial charge in [0.05, 0.1) is 17.8 Å². The van der Waals surface area contributed by atoms with Gasteiger partial charge in [0.2, 0.25) is 9.05 Å². The molecule has 6 heteroatoms. The summed E-state index contributed by atoms with van der Waals surface area (Å²) in [6.45, 7) is 0. The van der Waals surface area contributed by atoms with Crippen molar-refractivity contribution in [1.29, 1.82) is 0 Å². The topological polar surface area (TPSA) is 60.4 Å². The van der Waals surface area contributed by atoms with E-state index in [4.69, 9.17) is 15.4 Å². The Morgan fingerprint density at radius 2 is 2.20 bits per heavy atom. The zero-order chi connectivity index (χ0) is 11.3. The number of fused-ring (bicyclic) bond motifs is 2. The van der Waals surface area contributed by atoms with Gasteiger partial charge in [-0.25, -0.2) is 8.42 Å². The molecule has 86 valence electrons. The second kappa shape index (κ2) is 3.35. The summed E-state index contributed by atoms with van der Waals surface area (Å²) in [5, 5.41) is -0.752. The van der Waals surface area contributed by atoms with E-state index in [-0.39, 0.29) is 0 Å². The third kappa shape index (κ3) is 1.56. The van der Waals surface area contributed by atoms with Gasteiger partial charge in [0.15, 0.2) is 0 Å². The average molecular weight is 253 g/mol. The van der Waals surface area contributed by atoms with Gasteiger partial charge in [-0.1, -0.05) is 0 Å². The Labute approximate surface area is 93.4 Å².